The van der Waals surface area contributed by atoms with Gasteiger partial charge in [0.1, 0.15) is 0 Å². The van der Waals surface area contributed by atoms with Crippen molar-refractivity contribution in [2.75, 3.05) is 39.4 Å². The van der Waals surface area contributed by atoms with Crippen LogP contribution in [0.3, 0.4) is 0 Å². The molecule has 2 saturated heterocycles. The van der Waals surface area contributed by atoms with Crippen molar-refractivity contribution in [1.29, 1.82) is 0 Å². The number of carbonyl (C=O) groups is 1. The molecular formula is C13H24N2O3. The number of rotatable bonds is 5. The Bertz CT molecular complexity index is 267. The van der Waals surface area contributed by atoms with E-state index in [4.69, 9.17) is 9.47 Å². The highest BCUT2D eigenvalue weighted by atomic mass is 16.7. The van der Waals surface area contributed by atoms with E-state index in [2.05, 4.69) is 12.2 Å². The van der Waals surface area contributed by atoms with E-state index in [1.165, 1.54) is 0 Å². The van der Waals surface area contributed by atoms with Crippen molar-refractivity contribution in [3.8, 4) is 0 Å². The summed E-state index contributed by atoms with van der Waals surface area (Å²) < 4.78 is 11.3. The van der Waals surface area contributed by atoms with E-state index in [9.17, 15) is 4.79 Å². The van der Waals surface area contributed by atoms with Crippen LogP contribution in [0.5, 0.6) is 0 Å². The summed E-state index contributed by atoms with van der Waals surface area (Å²) in [6.07, 6.45) is 3.88. The molecule has 0 aliphatic carbocycles. The van der Waals surface area contributed by atoms with Gasteiger partial charge in [-0.25, -0.2) is 0 Å². The number of hydrogen-bond donors (Lipinski definition) is 1. The summed E-state index contributed by atoms with van der Waals surface area (Å²) in [7, 11) is 0. The van der Waals surface area contributed by atoms with E-state index in [0.717, 1.165) is 45.3 Å². The predicted octanol–water partition coefficient (Wildman–Crippen LogP) is 0.742. The number of nitrogens with one attached hydrogen (secondary N) is 1. The summed E-state index contributed by atoms with van der Waals surface area (Å²) in [6.45, 7) is 6.39. The third kappa shape index (κ3) is 3.43. The van der Waals surface area contributed by atoms with Crippen molar-refractivity contribution in [3.05, 3.63) is 0 Å². The van der Waals surface area contributed by atoms with Crippen molar-refractivity contribution in [1.82, 2.24) is 10.2 Å². The maximum atomic E-state index is 11.9. The zero-order valence-corrected chi connectivity index (χ0v) is 11.2. The van der Waals surface area contributed by atoms with Gasteiger partial charge in [0, 0.05) is 25.9 Å². The van der Waals surface area contributed by atoms with Gasteiger partial charge >= 0.3 is 0 Å². The summed E-state index contributed by atoms with van der Waals surface area (Å²) in [6, 6.07) is 0. The zero-order chi connectivity index (χ0) is 12.8. The van der Waals surface area contributed by atoms with Gasteiger partial charge in [0.2, 0.25) is 5.91 Å². The van der Waals surface area contributed by atoms with Crippen molar-refractivity contribution in [3.63, 3.8) is 0 Å². The first-order valence-electron chi connectivity index (χ1n) is 7.02. The highest BCUT2D eigenvalue weighted by Crippen LogP contribution is 2.31. The van der Waals surface area contributed by atoms with Gasteiger partial charge in [-0.05, 0) is 13.0 Å². The number of unbranched alkanes of at least 4 members (excludes halogenated alkanes) is 1. The average molecular weight is 256 g/mol. The van der Waals surface area contributed by atoms with Crippen molar-refractivity contribution in [2.45, 2.75) is 38.4 Å². The monoisotopic (exact) mass is 256 g/mol. The van der Waals surface area contributed by atoms with E-state index in [1.54, 1.807) is 0 Å². The smallest absolute Gasteiger partial charge is 0.236 e. The average Bonchev–Trinajstić information content (AvgIpc) is 2.84. The molecule has 0 aromatic carbocycles. The van der Waals surface area contributed by atoms with Crippen LogP contribution in [0.15, 0.2) is 0 Å². The fraction of sp³-hybridized carbons (Fsp3) is 0.923. The predicted molar refractivity (Wildman–Crippen MR) is 68.2 cm³/mol. The Morgan fingerprint density at radius 2 is 1.94 bits per heavy atom. The van der Waals surface area contributed by atoms with E-state index < -0.39 is 0 Å². The third-order valence-electron chi connectivity index (χ3n) is 3.67. The molecule has 0 atom stereocenters. The standard InChI is InChI=1S/C13H24N2O3/c1-2-3-6-14-11-12(16)15-7-4-13(5-8-15)17-9-10-18-13/h14H,2-11H2,1H3. The Kier molecular flexibility index (Phi) is 4.97. The molecule has 2 aliphatic heterocycles. The number of piperidine rings is 1. The van der Waals surface area contributed by atoms with E-state index in [-0.39, 0.29) is 11.7 Å². The van der Waals surface area contributed by atoms with Crippen molar-refractivity contribution in [2.24, 2.45) is 0 Å². The molecular weight excluding hydrogens is 232 g/mol. The highest BCUT2D eigenvalue weighted by molar-refractivity contribution is 5.78. The molecule has 0 saturated carbocycles. The third-order valence-corrected chi connectivity index (χ3v) is 3.67. The first kappa shape index (κ1) is 13.8. The van der Waals surface area contributed by atoms with Gasteiger partial charge in [0.25, 0.3) is 0 Å². The second-order valence-corrected chi connectivity index (χ2v) is 5.02. The van der Waals surface area contributed by atoms with Crippen LogP contribution in [0.1, 0.15) is 32.6 Å². The first-order chi connectivity index (χ1) is 8.76. The number of nitrogens with zero attached hydrogens (tertiary/aromatic N) is 1. The van der Waals surface area contributed by atoms with Gasteiger partial charge in [-0.2, -0.15) is 0 Å². The summed E-state index contributed by atoms with van der Waals surface area (Å²) in [5, 5.41) is 3.19. The second-order valence-electron chi connectivity index (χ2n) is 5.02. The minimum Gasteiger partial charge on any atom is -0.347 e. The topological polar surface area (TPSA) is 50.8 Å². The van der Waals surface area contributed by atoms with Crippen molar-refractivity contribution >= 4 is 5.91 Å². The molecule has 2 aliphatic rings. The van der Waals surface area contributed by atoms with Gasteiger partial charge in [-0.15, -0.1) is 0 Å². The normalized spacial score (nSPS) is 22.6. The Hall–Kier alpha value is -0.650. The highest BCUT2D eigenvalue weighted by Gasteiger charge is 2.40. The fourth-order valence-electron chi connectivity index (χ4n) is 2.49. The molecule has 0 bridgehead atoms. The van der Waals surface area contributed by atoms with Crippen LogP contribution in [0.4, 0.5) is 0 Å². The van der Waals surface area contributed by atoms with Gasteiger partial charge in [-0.3, -0.25) is 4.79 Å². The Morgan fingerprint density at radius 3 is 2.56 bits per heavy atom. The van der Waals surface area contributed by atoms with E-state index in [1.807, 2.05) is 4.90 Å². The Balaban J connectivity index is 1.67. The van der Waals surface area contributed by atoms with Crippen LogP contribution in [0, 0.1) is 0 Å². The van der Waals surface area contributed by atoms with Crippen LogP contribution in [0.2, 0.25) is 0 Å². The SMILES string of the molecule is CCCCNCC(=O)N1CCC2(CC1)OCCO2. The first-order valence-corrected chi connectivity index (χ1v) is 7.02. The molecule has 1 amide bonds. The van der Waals surface area contributed by atoms with Crippen LogP contribution < -0.4 is 5.32 Å². The molecule has 0 radical (unpaired) electrons. The molecule has 1 N–H and O–H groups in total. The van der Waals surface area contributed by atoms with Crippen LogP contribution in [0.25, 0.3) is 0 Å². The quantitative estimate of drug-likeness (QED) is 0.737. The zero-order valence-electron chi connectivity index (χ0n) is 11.2. The molecule has 5 heteroatoms. The van der Waals surface area contributed by atoms with Gasteiger partial charge in [0.15, 0.2) is 5.79 Å². The Morgan fingerprint density at radius 1 is 1.28 bits per heavy atom. The molecule has 0 unspecified atom stereocenters. The van der Waals surface area contributed by atoms with Gasteiger partial charge < -0.3 is 19.7 Å². The number of hydrogen-bond acceptors (Lipinski definition) is 4. The molecule has 0 aromatic heterocycles. The number of likely N-dealkylation sites (tertiary alicyclic amines) is 1. The Labute approximate surface area is 109 Å². The largest absolute Gasteiger partial charge is 0.347 e. The van der Waals surface area contributed by atoms with Gasteiger partial charge in [0.05, 0.1) is 19.8 Å². The fourth-order valence-corrected chi connectivity index (χ4v) is 2.49. The lowest BCUT2D eigenvalue weighted by Gasteiger charge is -2.37. The van der Waals surface area contributed by atoms with Crippen molar-refractivity contribution < 1.29 is 14.3 Å². The summed E-state index contributed by atoms with van der Waals surface area (Å²) in [5.74, 6) is -0.189. The summed E-state index contributed by atoms with van der Waals surface area (Å²) >= 11 is 0. The van der Waals surface area contributed by atoms with Gasteiger partial charge in [-0.1, -0.05) is 13.3 Å². The lowest BCUT2D eigenvalue weighted by atomic mass is 10.0. The van der Waals surface area contributed by atoms with E-state index in [0.29, 0.717) is 19.8 Å². The number of ether oxygens (including phenoxy) is 2. The molecule has 2 heterocycles. The minimum atomic E-state index is -0.383. The minimum absolute atomic E-state index is 0.193. The second kappa shape index (κ2) is 6.50. The maximum absolute atomic E-state index is 11.9. The molecule has 104 valence electrons. The number of carbonyl (C=O) groups excluding carboxylic acids is 1. The molecule has 2 fully saturated rings. The molecule has 0 aromatic rings. The van der Waals surface area contributed by atoms with E-state index >= 15 is 0 Å². The lowest BCUT2D eigenvalue weighted by molar-refractivity contribution is -0.187. The number of amides is 1. The van der Waals surface area contributed by atoms with Crippen LogP contribution >= 0.6 is 0 Å². The van der Waals surface area contributed by atoms with Crippen LogP contribution in [-0.4, -0.2) is 56.0 Å². The lowest BCUT2D eigenvalue weighted by Crippen LogP contribution is -2.49. The molecule has 18 heavy (non-hydrogen) atoms. The summed E-state index contributed by atoms with van der Waals surface area (Å²) in [5.41, 5.74) is 0. The maximum Gasteiger partial charge on any atom is 0.236 e. The molecule has 5 nitrogen and oxygen atoms in total. The summed E-state index contributed by atoms with van der Waals surface area (Å²) in [4.78, 5) is 13.9. The molecule has 2 rings (SSSR count). The van der Waals surface area contributed by atoms with Crippen LogP contribution in [-0.2, 0) is 14.3 Å². The molecule has 1 spiro atoms.